The molecular formula is C13H25NO2. The van der Waals surface area contributed by atoms with Crippen molar-refractivity contribution < 1.29 is 9.47 Å². The Morgan fingerprint density at radius 1 is 1.19 bits per heavy atom. The molecule has 2 rings (SSSR count). The second-order valence-electron chi connectivity index (χ2n) is 5.22. The van der Waals surface area contributed by atoms with Crippen molar-refractivity contribution in [1.29, 1.82) is 0 Å². The second-order valence-corrected chi connectivity index (χ2v) is 5.22. The molecule has 0 spiro atoms. The van der Waals surface area contributed by atoms with Crippen molar-refractivity contribution in [3.8, 4) is 0 Å². The highest BCUT2D eigenvalue weighted by atomic mass is 16.5. The normalized spacial score (nSPS) is 26.8. The van der Waals surface area contributed by atoms with Gasteiger partial charge in [-0.1, -0.05) is 19.3 Å². The second kappa shape index (κ2) is 5.99. The third-order valence-corrected chi connectivity index (χ3v) is 4.16. The first kappa shape index (κ1) is 12.3. The monoisotopic (exact) mass is 227 g/mol. The highest BCUT2D eigenvalue weighted by molar-refractivity contribution is 4.87. The maximum atomic E-state index is 5.73. The van der Waals surface area contributed by atoms with Gasteiger partial charge < -0.3 is 14.8 Å². The largest absolute Gasteiger partial charge is 0.381 e. The molecule has 0 unspecified atom stereocenters. The molecule has 16 heavy (non-hydrogen) atoms. The molecule has 3 heteroatoms. The Labute approximate surface area is 98.9 Å². The average molecular weight is 227 g/mol. The minimum Gasteiger partial charge on any atom is -0.381 e. The lowest BCUT2D eigenvalue weighted by molar-refractivity contribution is -0.0890. The van der Waals surface area contributed by atoms with Crippen molar-refractivity contribution >= 4 is 0 Å². The van der Waals surface area contributed by atoms with Crippen LogP contribution in [0.25, 0.3) is 0 Å². The van der Waals surface area contributed by atoms with Crippen LogP contribution in [0.5, 0.6) is 0 Å². The van der Waals surface area contributed by atoms with Crippen LogP contribution in [-0.4, -0.2) is 38.5 Å². The molecule has 2 fully saturated rings. The van der Waals surface area contributed by atoms with Crippen LogP contribution in [0.3, 0.4) is 0 Å². The predicted octanol–water partition coefficient (Wildman–Crippen LogP) is 2.10. The summed E-state index contributed by atoms with van der Waals surface area (Å²) in [5.74, 6) is 0. The minimum absolute atomic E-state index is 0.0374. The number of rotatable bonds is 4. The van der Waals surface area contributed by atoms with E-state index in [0.29, 0.717) is 0 Å². The van der Waals surface area contributed by atoms with Crippen LogP contribution in [0.2, 0.25) is 0 Å². The molecule has 0 aromatic heterocycles. The van der Waals surface area contributed by atoms with Crippen LogP contribution in [0.15, 0.2) is 0 Å². The number of hydrogen-bond donors (Lipinski definition) is 1. The topological polar surface area (TPSA) is 30.5 Å². The zero-order chi connectivity index (χ0) is 11.3. The van der Waals surface area contributed by atoms with Crippen LogP contribution >= 0.6 is 0 Å². The van der Waals surface area contributed by atoms with Gasteiger partial charge in [-0.2, -0.15) is 0 Å². The molecule has 1 N–H and O–H groups in total. The summed E-state index contributed by atoms with van der Waals surface area (Å²) in [7, 11) is 1.84. The molecular weight excluding hydrogens is 202 g/mol. The van der Waals surface area contributed by atoms with Crippen molar-refractivity contribution in [3.05, 3.63) is 0 Å². The summed E-state index contributed by atoms with van der Waals surface area (Å²) in [6.45, 7) is 2.69. The number of ether oxygens (including phenoxy) is 2. The van der Waals surface area contributed by atoms with Crippen LogP contribution in [0.4, 0.5) is 0 Å². The van der Waals surface area contributed by atoms with Crippen molar-refractivity contribution in [2.45, 2.75) is 56.6 Å². The van der Waals surface area contributed by atoms with Gasteiger partial charge in [-0.15, -0.1) is 0 Å². The van der Waals surface area contributed by atoms with E-state index in [1.807, 2.05) is 7.11 Å². The molecule has 0 amide bonds. The quantitative estimate of drug-likeness (QED) is 0.798. The van der Waals surface area contributed by atoms with E-state index < -0.39 is 0 Å². The summed E-state index contributed by atoms with van der Waals surface area (Å²) in [5, 5.41) is 3.70. The van der Waals surface area contributed by atoms with Gasteiger partial charge in [-0.3, -0.25) is 0 Å². The Kier molecular flexibility index (Phi) is 4.62. The van der Waals surface area contributed by atoms with E-state index in [9.17, 15) is 0 Å². The van der Waals surface area contributed by atoms with Crippen LogP contribution in [0.1, 0.15) is 44.9 Å². The fourth-order valence-electron chi connectivity index (χ4n) is 2.83. The first-order valence-electron chi connectivity index (χ1n) is 6.71. The number of hydrogen-bond acceptors (Lipinski definition) is 3. The van der Waals surface area contributed by atoms with Crippen molar-refractivity contribution in [1.82, 2.24) is 5.32 Å². The van der Waals surface area contributed by atoms with Gasteiger partial charge in [0.1, 0.15) is 0 Å². The lowest BCUT2D eigenvalue weighted by atomic mass is 9.91. The molecule has 1 aliphatic carbocycles. The van der Waals surface area contributed by atoms with Crippen LogP contribution in [-0.2, 0) is 9.47 Å². The van der Waals surface area contributed by atoms with Gasteiger partial charge in [0.25, 0.3) is 0 Å². The van der Waals surface area contributed by atoms with Crippen LogP contribution in [0, 0.1) is 0 Å². The molecule has 3 nitrogen and oxygen atoms in total. The summed E-state index contributed by atoms with van der Waals surface area (Å²) < 4.78 is 11.1. The molecule has 94 valence electrons. The Morgan fingerprint density at radius 3 is 2.50 bits per heavy atom. The van der Waals surface area contributed by atoms with Gasteiger partial charge in [0.15, 0.2) is 0 Å². The third-order valence-electron chi connectivity index (χ3n) is 4.16. The molecule has 0 radical (unpaired) electrons. The maximum Gasteiger partial charge on any atom is 0.0846 e. The van der Waals surface area contributed by atoms with E-state index in [1.165, 1.54) is 32.1 Å². The molecule has 1 saturated carbocycles. The minimum atomic E-state index is 0.0374. The highest BCUT2D eigenvalue weighted by Gasteiger charge is 2.32. The molecule has 1 aliphatic heterocycles. The van der Waals surface area contributed by atoms with Crippen molar-refractivity contribution in [3.63, 3.8) is 0 Å². The first-order chi connectivity index (χ1) is 7.85. The number of methoxy groups -OCH3 is 1. The van der Waals surface area contributed by atoms with Gasteiger partial charge in [-0.05, 0) is 12.8 Å². The average Bonchev–Trinajstić information content (AvgIpc) is 2.39. The molecule has 0 aromatic carbocycles. The molecule has 1 saturated heterocycles. The van der Waals surface area contributed by atoms with E-state index in [-0.39, 0.29) is 5.60 Å². The van der Waals surface area contributed by atoms with E-state index in [1.54, 1.807) is 0 Å². The van der Waals surface area contributed by atoms with E-state index in [2.05, 4.69) is 5.32 Å². The summed E-state index contributed by atoms with van der Waals surface area (Å²) in [4.78, 5) is 0. The van der Waals surface area contributed by atoms with E-state index in [0.717, 1.165) is 38.6 Å². The summed E-state index contributed by atoms with van der Waals surface area (Å²) in [5.41, 5.74) is 0.0374. The van der Waals surface area contributed by atoms with Crippen molar-refractivity contribution in [2.75, 3.05) is 26.9 Å². The van der Waals surface area contributed by atoms with Gasteiger partial charge >= 0.3 is 0 Å². The Balaban J connectivity index is 1.77. The molecule has 2 aliphatic rings. The smallest absolute Gasteiger partial charge is 0.0846 e. The fourth-order valence-corrected chi connectivity index (χ4v) is 2.83. The highest BCUT2D eigenvalue weighted by Crippen LogP contribution is 2.25. The van der Waals surface area contributed by atoms with Gasteiger partial charge in [-0.25, -0.2) is 0 Å². The zero-order valence-corrected chi connectivity index (χ0v) is 10.5. The Bertz CT molecular complexity index is 196. The lowest BCUT2D eigenvalue weighted by Crippen LogP contribution is -2.49. The summed E-state index contributed by atoms with van der Waals surface area (Å²) in [6, 6.07) is 0.726. The fraction of sp³-hybridized carbons (Fsp3) is 1.00. The Hall–Kier alpha value is -0.120. The predicted molar refractivity (Wildman–Crippen MR) is 64.7 cm³/mol. The SMILES string of the molecule is COC1(CNC2CCCCC2)CCOCC1. The number of nitrogens with one attached hydrogen (secondary N) is 1. The van der Waals surface area contributed by atoms with Crippen molar-refractivity contribution in [2.24, 2.45) is 0 Å². The zero-order valence-electron chi connectivity index (χ0n) is 10.5. The lowest BCUT2D eigenvalue weighted by Gasteiger charge is -2.37. The van der Waals surface area contributed by atoms with E-state index >= 15 is 0 Å². The standard InChI is InChI=1S/C13H25NO2/c1-15-13(7-9-16-10-8-13)11-14-12-5-3-2-4-6-12/h12,14H,2-11H2,1H3. The third kappa shape index (κ3) is 3.19. The van der Waals surface area contributed by atoms with Gasteiger partial charge in [0.2, 0.25) is 0 Å². The molecule has 0 bridgehead atoms. The molecule has 1 heterocycles. The van der Waals surface area contributed by atoms with Gasteiger partial charge in [0, 0.05) is 45.8 Å². The molecule has 0 atom stereocenters. The van der Waals surface area contributed by atoms with E-state index in [4.69, 9.17) is 9.47 Å². The van der Waals surface area contributed by atoms with Gasteiger partial charge in [0.05, 0.1) is 5.60 Å². The Morgan fingerprint density at radius 2 is 1.88 bits per heavy atom. The summed E-state index contributed by atoms with van der Waals surface area (Å²) >= 11 is 0. The molecule has 0 aromatic rings. The first-order valence-corrected chi connectivity index (χ1v) is 6.71. The maximum absolute atomic E-state index is 5.73. The van der Waals surface area contributed by atoms with Crippen LogP contribution < -0.4 is 5.32 Å². The summed E-state index contributed by atoms with van der Waals surface area (Å²) in [6.07, 6.45) is 8.95.